The topological polar surface area (TPSA) is 43.1 Å². The van der Waals surface area contributed by atoms with Gasteiger partial charge in [0, 0.05) is 5.56 Å². The standard InChI is InChI=1S/C11H8BrNO2/c1-7-3-2-4-8(5-7)10-9(6-14)11(12)15-13-10/h2-6H,1H3. The smallest absolute Gasteiger partial charge is 0.213 e. The third-order valence-electron chi connectivity index (χ3n) is 2.09. The first-order valence-electron chi connectivity index (χ1n) is 4.40. The van der Waals surface area contributed by atoms with E-state index in [0.717, 1.165) is 17.4 Å². The lowest BCUT2D eigenvalue weighted by molar-refractivity contribution is 0.112. The van der Waals surface area contributed by atoms with Gasteiger partial charge in [-0.3, -0.25) is 4.79 Å². The second kappa shape index (κ2) is 3.98. The number of nitrogens with zero attached hydrogens (tertiary/aromatic N) is 1. The minimum Gasteiger partial charge on any atom is -0.348 e. The van der Waals surface area contributed by atoms with E-state index in [2.05, 4.69) is 21.1 Å². The van der Waals surface area contributed by atoms with Crippen LogP contribution in [0.15, 0.2) is 33.5 Å². The number of benzene rings is 1. The predicted octanol–water partition coefficient (Wildman–Crippen LogP) is 3.23. The van der Waals surface area contributed by atoms with Gasteiger partial charge in [0.2, 0.25) is 4.67 Å². The van der Waals surface area contributed by atoms with Gasteiger partial charge in [-0.1, -0.05) is 28.9 Å². The van der Waals surface area contributed by atoms with Gasteiger partial charge in [0.05, 0.1) is 5.56 Å². The molecular weight excluding hydrogens is 258 g/mol. The summed E-state index contributed by atoms with van der Waals surface area (Å²) in [6, 6.07) is 7.75. The number of carbonyl (C=O) groups is 1. The van der Waals surface area contributed by atoms with E-state index >= 15 is 0 Å². The second-order valence-corrected chi connectivity index (χ2v) is 3.93. The first-order chi connectivity index (χ1) is 7.22. The molecule has 0 aliphatic rings. The zero-order valence-electron chi connectivity index (χ0n) is 8.03. The first kappa shape index (κ1) is 10.1. The highest BCUT2D eigenvalue weighted by Crippen LogP contribution is 2.27. The monoisotopic (exact) mass is 265 g/mol. The lowest BCUT2D eigenvalue weighted by atomic mass is 10.1. The van der Waals surface area contributed by atoms with Crippen LogP contribution in [0.25, 0.3) is 11.3 Å². The van der Waals surface area contributed by atoms with Gasteiger partial charge in [-0.15, -0.1) is 0 Å². The number of rotatable bonds is 2. The Morgan fingerprint density at radius 1 is 1.47 bits per heavy atom. The number of aryl methyl sites for hydroxylation is 1. The Morgan fingerprint density at radius 3 is 2.93 bits per heavy atom. The summed E-state index contributed by atoms with van der Waals surface area (Å²) in [7, 11) is 0. The maximum atomic E-state index is 10.8. The van der Waals surface area contributed by atoms with Gasteiger partial charge in [-0.05, 0) is 28.9 Å². The Hall–Kier alpha value is -1.42. The Bertz CT molecular complexity index is 505. The van der Waals surface area contributed by atoms with Crippen molar-refractivity contribution in [3.63, 3.8) is 0 Å². The average Bonchev–Trinajstić information content (AvgIpc) is 2.59. The summed E-state index contributed by atoms with van der Waals surface area (Å²) in [5.74, 6) is 0. The van der Waals surface area contributed by atoms with Crippen molar-refractivity contribution < 1.29 is 9.32 Å². The van der Waals surface area contributed by atoms with Crippen molar-refractivity contribution in [1.29, 1.82) is 0 Å². The lowest BCUT2D eigenvalue weighted by Gasteiger charge is -1.97. The molecule has 1 heterocycles. The van der Waals surface area contributed by atoms with Gasteiger partial charge in [-0.2, -0.15) is 0 Å². The van der Waals surface area contributed by atoms with Gasteiger partial charge in [0.15, 0.2) is 6.29 Å². The molecule has 3 nitrogen and oxygen atoms in total. The molecule has 2 aromatic rings. The number of hydrogen-bond acceptors (Lipinski definition) is 3. The molecule has 4 heteroatoms. The molecule has 0 spiro atoms. The zero-order valence-corrected chi connectivity index (χ0v) is 9.61. The zero-order chi connectivity index (χ0) is 10.8. The molecule has 0 saturated carbocycles. The largest absolute Gasteiger partial charge is 0.348 e. The lowest BCUT2D eigenvalue weighted by Crippen LogP contribution is -1.85. The molecule has 0 radical (unpaired) electrons. The molecule has 0 bridgehead atoms. The van der Waals surface area contributed by atoms with Gasteiger partial charge in [0.1, 0.15) is 5.69 Å². The van der Waals surface area contributed by atoms with Crippen LogP contribution in [-0.2, 0) is 0 Å². The van der Waals surface area contributed by atoms with Crippen LogP contribution in [0.5, 0.6) is 0 Å². The summed E-state index contributed by atoms with van der Waals surface area (Å²) in [5.41, 5.74) is 3.01. The molecule has 0 unspecified atom stereocenters. The molecule has 0 saturated heterocycles. The Morgan fingerprint density at radius 2 is 2.27 bits per heavy atom. The van der Waals surface area contributed by atoms with E-state index in [-0.39, 0.29) is 0 Å². The summed E-state index contributed by atoms with van der Waals surface area (Å²) in [4.78, 5) is 10.8. The molecule has 1 aromatic heterocycles. The Kier molecular flexibility index (Phi) is 2.68. The number of aromatic nitrogens is 1. The highest BCUT2D eigenvalue weighted by molar-refractivity contribution is 9.10. The van der Waals surface area contributed by atoms with Crippen LogP contribution < -0.4 is 0 Å². The molecule has 0 amide bonds. The van der Waals surface area contributed by atoms with Crippen LogP contribution in [0, 0.1) is 6.92 Å². The quantitative estimate of drug-likeness (QED) is 0.784. The number of halogens is 1. The normalized spacial score (nSPS) is 10.3. The molecule has 15 heavy (non-hydrogen) atoms. The van der Waals surface area contributed by atoms with E-state index < -0.39 is 0 Å². The highest BCUT2D eigenvalue weighted by atomic mass is 79.9. The Labute approximate surface area is 95.2 Å². The van der Waals surface area contributed by atoms with Gasteiger partial charge in [0.25, 0.3) is 0 Å². The fourth-order valence-electron chi connectivity index (χ4n) is 1.38. The van der Waals surface area contributed by atoms with Gasteiger partial charge < -0.3 is 4.52 Å². The van der Waals surface area contributed by atoms with Crippen molar-refractivity contribution in [2.24, 2.45) is 0 Å². The van der Waals surface area contributed by atoms with E-state index in [4.69, 9.17) is 4.52 Å². The SMILES string of the molecule is Cc1cccc(-c2noc(Br)c2C=O)c1. The van der Waals surface area contributed by atoms with E-state index in [1.165, 1.54) is 0 Å². The van der Waals surface area contributed by atoms with Crippen molar-refractivity contribution in [2.75, 3.05) is 0 Å². The molecule has 2 rings (SSSR count). The number of aldehydes is 1. The van der Waals surface area contributed by atoms with Gasteiger partial charge >= 0.3 is 0 Å². The van der Waals surface area contributed by atoms with Crippen molar-refractivity contribution in [1.82, 2.24) is 5.16 Å². The molecular formula is C11H8BrNO2. The van der Waals surface area contributed by atoms with Crippen LogP contribution >= 0.6 is 15.9 Å². The fourth-order valence-corrected chi connectivity index (χ4v) is 1.73. The van der Waals surface area contributed by atoms with Crippen molar-refractivity contribution in [3.8, 4) is 11.3 Å². The molecule has 0 fully saturated rings. The average molecular weight is 266 g/mol. The molecule has 0 N–H and O–H groups in total. The van der Waals surface area contributed by atoms with Crippen molar-refractivity contribution in [3.05, 3.63) is 40.1 Å². The van der Waals surface area contributed by atoms with Crippen LogP contribution in [0.1, 0.15) is 15.9 Å². The summed E-state index contributed by atoms with van der Waals surface area (Å²) in [6.45, 7) is 1.99. The molecule has 1 aromatic carbocycles. The van der Waals surface area contributed by atoms with Crippen LogP contribution in [0.4, 0.5) is 0 Å². The van der Waals surface area contributed by atoms with Crippen LogP contribution in [0.3, 0.4) is 0 Å². The van der Waals surface area contributed by atoms with Crippen molar-refractivity contribution >= 4 is 22.2 Å². The third kappa shape index (κ3) is 1.85. The van der Waals surface area contributed by atoms with Crippen molar-refractivity contribution in [2.45, 2.75) is 6.92 Å². The maximum Gasteiger partial charge on any atom is 0.213 e. The van der Waals surface area contributed by atoms with E-state index in [1.807, 2.05) is 31.2 Å². The summed E-state index contributed by atoms with van der Waals surface area (Å²) >= 11 is 3.13. The molecule has 0 aliphatic heterocycles. The van der Waals surface area contributed by atoms with E-state index in [0.29, 0.717) is 15.9 Å². The highest BCUT2D eigenvalue weighted by Gasteiger charge is 2.14. The second-order valence-electron chi connectivity index (χ2n) is 3.21. The summed E-state index contributed by atoms with van der Waals surface area (Å²) in [5, 5.41) is 3.84. The number of carbonyl (C=O) groups excluding carboxylic acids is 1. The van der Waals surface area contributed by atoms with E-state index in [1.54, 1.807) is 0 Å². The first-order valence-corrected chi connectivity index (χ1v) is 5.19. The molecule has 0 atom stereocenters. The number of hydrogen-bond donors (Lipinski definition) is 0. The predicted molar refractivity (Wildman–Crippen MR) is 59.8 cm³/mol. The summed E-state index contributed by atoms with van der Waals surface area (Å²) < 4.78 is 5.29. The maximum absolute atomic E-state index is 10.8. The molecule has 0 aliphatic carbocycles. The van der Waals surface area contributed by atoms with Crippen LogP contribution in [-0.4, -0.2) is 11.4 Å². The molecule has 76 valence electrons. The third-order valence-corrected chi connectivity index (χ3v) is 2.67. The summed E-state index contributed by atoms with van der Waals surface area (Å²) in [6.07, 6.45) is 0.734. The minimum atomic E-state index is 0.369. The fraction of sp³-hybridized carbons (Fsp3) is 0.0909. The van der Waals surface area contributed by atoms with Crippen LogP contribution in [0.2, 0.25) is 0 Å². The Balaban J connectivity index is 2.58. The minimum absolute atomic E-state index is 0.369. The van der Waals surface area contributed by atoms with E-state index in [9.17, 15) is 4.79 Å². The van der Waals surface area contributed by atoms with Gasteiger partial charge in [-0.25, -0.2) is 0 Å².